The number of carbonyl (C=O) groups is 1. The number of halogens is 1. The Morgan fingerprint density at radius 3 is 2.78 bits per heavy atom. The average molecular weight is 450 g/mol. The van der Waals surface area contributed by atoms with E-state index in [0.29, 0.717) is 30.0 Å². The molecule has 0 radical (unpaired) electrons. The summed E-state index contributed by atoms with van der Waals surface area (Å²) < 4.78 is 16.4. The van der Waals surface area contributed by atoms with Gasteiger partial charge in [-0.25, -0.2) is 15.0 Å². The SMILES string of the molecule is Cc1nc(C(=O)N2CCCC[C@H]2Cc2nc3c(C)cncn3c2F)c(-c2ccccc2)s1. The molecule has 32 heavy (non-hydrogen) atoms. The summed E-state index contributed by atoms with van der Waals surface area (Å²) in [5, 5.41) is 0.857. The Balaban J connectivity index is 1.47. The van der Waals surface area contributed by atoms with Gasteiger partial charge in [0.1, 0.15) is 17.7 Å². The summed E-state index contributed by atoms with van der Waals surface area (Å²) in [6.07, 6.45) is 6.26. The van der Waals surface area contributed by atoms with Crippen molar-refractivity contribution in [2.24, 2.45) is 0 Å². The van der Waals surface area contributed by atoms with E-state index in [-0.39, 0.29) is 11.9 Å². The largest absolute Gasteiger partial charge is 0.334 e. The summed E-state index contributed by atoms with van der Waals surface area (Å²) >= 11 is 1.53. The number of benzene rings is 1. The molecule has 3 aromatic heterocycles. The highest BCUT2D eigenvalue weighted by molar-refractivity contribution is 7.15. The number of fused-ring (bicyclic) bond motifs is 1. The van der Waals surface area contributed by atoms with Crippen molar-refractivity contribution in [3.63, 3.8) is 0 Å². The van der Waals surface area contributed by atoms with E-state index >= 15 is 4.39 Å². The standard InChI is InChI=1S/C24H24FN5OS/c1-15-13-26-14-30-22(25)19(28-23(15)30)12-18-10-6-7-11-29(18)24(31)20-21(32-16(2)27-20)17-8-4-3-5-9-17/h3-5,8-9,13-14,18H,6-7,10-12H2,1-2H3/t18-/m0/s1. The van der Waals surface area contributed by atoms with Crippen molar-refractivity contribution in [1.29, 1.82) is 0 Å². The van der Waals surface area contributed by atoms with Crippen LogP contribution in [-0.4, -0.2) is 42.7 Å². The third kappa shape index (κ3) is 3.68. The van der Waals surface area contributed by atoms with Gasteiger partial charge < -0.3 is 4.90 Å². The first kappa shape index (κ1) is 20.8. The van der Waals surface area contributed by atoms with Crippen molar-refractivity contribution in [3.05, 3.63) is 70.8 Å². The van der Waals surface area contributed by atoms with Crippen LogP contribution in [0.15, 0.2) is 42.9 Å². The third-order valence-electron chi connectivity index (χ3n) is 6.01. The van der Waals surface area contributed by atoms with E-state index in [2.05, 4.69) is 15.0 Å². The zero-order chi connectivity index (χ0) is 22.2. The van der Waals surface area contributed by atoms with Gasteiger partial charge in [-0.15, -0.1) is 11.3 Å². The number of thiazole rings is 1. The van der Waals surface area contributed by atoms with Crippen molar-refractivity contribution in [2.75, 3.05) is 6.54 Å². The molecular formula is C24H24FN5OS. The van der Waals surface area contributed by atoms with Crippen LogP contribution in [0.1, 0.15) is 46.0 Å². The second-order valence-corrected chi connectivity index (χ2v) is 9.45. The molecule has 4 heterocycles. The second-order valence-electron chi connectivity index (χ2n) is 8.25. The minimum absolute atomic E-state index is 0.0834. The van der Waals surface area contributed by atoms with Crippen LogP contribution in [0.3, 0.4) is 0 Å². The number of piperidine rings is 1. The number of imidazole rings is 1. The van der Waals surface area contributed by atoms with Crippen molar-refractivity contribution in [1.82, 2.24) is 24.3 Å². The number of amides is 1. The number of hydrogen-bond acceptors (Lipinski definition) is 5. The van der Waals surface area contributed by atoms with E-state index < -0.39 is 5.95 Å². The Morgan fingerprint density at radius 2 is 2.00 bits per heavy atom. The lowest BCUT2D eigenvalue weighted by Crippen LogP contribution is -2.45. The van der Waals surface area contributed by atoms with Crippen molar-refractivity contribution in [2.45, 2.75) is 45.6 Å². The predicted molar refractivity (Wildman–Crippen MR) is 122 cm³/mol. The molecule has 0 aliphatic carbocycles. The quantitative estimate of drug-likeness (QED) is 0.447. The van der Waals surface area contributed by atoms with Gasteiger partial charge in [0.2, 0.25) is 5.95 Å². The van der Waals surface area contributed by atoms with Gasteiger partial charge in [-0.05, 0) is 38.7 Å². The molecule has 8 heteroatoms. The minimum atomic E-state index is -0.399. The fourth-order valence-electron chi connectivity index (χ4n) is 4.44. The molecule has 6 nitrogen and oxygen atoms in total. The van der Waals surface area contributed by atoms with E-state index in [1.165, 1.54) is 22.1 Å². The summed E-state index contributed by atoms with van der Waals surface area (Å²) in [7, 11) is 0. The van der Waals surface area contributed by atoms with Gasteiger partial charge in [0.15, 0.2) is 0 Å². The number of rotatable bonds is 4. The monoisotopic (exact) mass is 449 g/mol. The maximum absolute atomic E-state index is 15.1. The lowest BCUT2D eigenvalue weighted by molar-refractivity contribution is 0.0606. The maximum atomic E-state index is 15.1. The Kier molecular flexibility index (Phi) is 5.46. The number of carbonyl (C=O) groups excluding carboxylic acids is 1. The van der Waals surface area contributed by atoms with E-state index in [0.717, 1.165) is 40.3 Å². The molecule has 0 saturated carbocycles. The molecule has 164 valence electrons. The lowest BCUT2D eigenvalue weighted by Gasteiger charge is -2.35. The highest BCUT2D eigenvalue weighted by atomic mass is 32.1. The van der Waals surface area contributed by atoms with Gasteiger partial charge in [-0.2, -0.15) is 4.39 Å². The van der Waals surface area contributed by atoms with Gasteiger partial charge in [-0.1, -0.05) is 30.3 Å². The van der Waals surface area contributed by atoms with Crippen LogP contribution in [0.2, 0.25) is 0 Å². The van der Waals surface area contributed by atoms with Crippen LogP contribution >= 0.6 is 11.3 Å². The summed E-state index contributed by atoms with van der Waals surface area (Å²) in [5.41, 5.74) is 3.25. The van der Waals surface area contributed by atoms with Crippen LogP contribution in [0.5, 0.6) is 0 Å². The highest BCUT2D eigenvalue weighted by Crippen LogP contribution is 2.33. The number of likely N-dealkylation sites (tertiary alicyclic amines) is 1. The van der Waals surface area contributed by atoms with E-state index in [1.54, 1.807) is 6.20 Å². The molecule has 4 aromatic rings. The molecule has 1 aliphatic heterocycles. The summed E-state index contributed by atoms with van der Waals surface area (Å²) in [6, 6.07) is 9.77. The normalized spacial score (nSPS) is 16.6. The molecule has 1 aliphatic rings. The average Bonchev–Trinajstić information content (AvgIpc) is 3.36. The first-order valence-electron chi connectivity index (χ1n) is 10.8. The lowest BCUT2D eigenvalue weighted by atomic mass is 9.97. The van der Waals surface area contributed by atoms with Gasteiger partial charge in [0.25, 0.3) is 5.91 Å². The Hall–Kier alpha value is -3.13. The van der Waals surface area contributed by atoms with Crippen LogP contribution in [0.4, 0.5) is 4.39 Å². The maximum Gasteiger partial charge on any atom is 0.274 e. The number of aryl methyl sites for hydroxylation is 2. The van der Waals surface area contributed by atoms with Crippen molar-refractivity contribution in [3.8, 4) is 10.4 Å². The van der Waals surface area contributed by atoms with Crippen molar-refractivity contribution >= 4 is 22.9 Å². The molecule has 1 atom stereocenters. The summed E-state index contributed by atoms with van der Waals surface area (Å²) in [4.78, 5) is 29.6. The molecule has 1 aromatic carbocycles. The van der Waals surface area contributed by atoms with Crippen LogP contribution < -0.4 is 0 Å². The smallest absolute Gasteiger partial charge is 0.274 e. The Bertz CT molecular complexity index is 1280. The van der Waals surface area contributed by atoms with Gasteiger partial charge in [-0.3, -0.25) is 9.20 Å². The fraction of sp³-hybridized carbons (Fsp3) is 0.333. The van der Waals surface area contributed by atoms with Crippen LogP contribution in [0.25, 0.3) is 16.1 Å². The van der Waals surface area contributed by atoms with Gasteiger partial charge >= 0.3 is 0 Å². The molecule has 0 unspecified atom stereocenters. The van der Waals surface area contributed by atoms with Gasteiger partial charge in [0, 0.05) is 30.8 Å². The number of nitrogens with zero attached hydrogens (tertiary/aromatic N) is 5. The molecule has 0 bridgehead atoms. The molecule has 1 fully saturated rings. The highest BCUT2D eigenvalue weighted by Gasteiger charge is 2.32. The molecule has 0 spiro atoms. The van der Waals surface area contributed by atoms with Crippen molar-refractivity contribution < 1.29 is 9.18 Å². The summed E-state index contributed by atoms with van der Waals surface area (Å²) in [5.74, 6) is -0.483. The molecular weight excluding hydrogens is 425 g/mol. The third-order valence-corrected chi connectivity index (χ3v) is 7.03. The molecule has 0 N–H and O–H groups in total. The number of aromatic nitrogens is 4. The topological polar surface area (TPSA) is 63.4 Å². The molecule has 1 amide bonds. The second kappa shape index (κ2) is 8.43. The Morgan fingerprint density at radius 1 is 1.19 bits per heavy atom. The minimum Gasteiger partial charge on any atom is -0.334 e. The van der Waals surface area contributed by atoms with E-state index in [9.17, 15) is 4.79 Å². The first-order chi connectivity index (χ1) is 15.5. The molecule has 5 rings (SSSR count). The zero-order valence-corrected chi connectivity index (χ0v) is 18.9. The van der Waals surface area contributed by atoms with E-state index in [4.69, 9.17) is 0 Å². The molecule has 1 saturated heterocycles. The Labute approximate surface area is 189 Å². The van der Waals surface area contributed by atoms with Crippen LogP contribution in [-0.2, 0) is 6.42 Å². The van der Waals surface area contributed by atoms with Gasteiger partial charge in [0.05, 0.1) is 15.6 Å². The predicted octanol–water partition coefficient (Wildman–Crippen LogP) is 4.85. The van der Waals surface area contributed by atoms with Crippen LogP contribution in [0, 0.1) is 19.8 Å². The van der Waals surface area contributed by atoms with E-state index in [1.807, 2.05) is 49.1 Å². The first-order valence-corrected chi connectivity index (χ1v) is 11.7. The fourth-order valence-corrected chi connectivity index (χ4v) is 5.36. The number of hydrogen-bond donors (Lipinski definition) is 0. The summed E-state index contributed by atoms with van der Waals surface area (Å²) in [6.45, 7) is 4.43. The zero-order valence-electron chi connectivity index (χ0n) is 18.1.